The minimum atomic E-state index is -0.475. The summed E-state index contributed by atoms with van der Waals surface area (Å²) in [7, 11) is 0. The Labute approximate surface area is 156 Å². The van der Waals surface area contributed by atoms with Gasteiger partial charge in [0, 0.05) is 22.9 Å². The van der Waals surface area contributed by atoms with Crippen molar-refractivity contribution in [2.75, 3.05) is 6.61 Å². The van der Waals surface area contributed by atoms with Crippen LogP contribution in [0.15, 0.2) is 75.9 Å². The van der Waals surface area contributed by atoms with Crippen LogP contribution < -0.4 is 10.4 Å². The summed E-state index contributed by atoms with van der Waals surface area (Å²) in [6, 6.07) is 20.4. The maximum absolute atomic E-state index is 12.6. The number of benzene rings is 3. The lowest BCUT2D eigenvalue weighted by molar-refractivity contribution is 0.0992. The SMILES string of the molecule is CCOc1ccc(C(=O)Cc2cc3cc4ccccc4cc3oc2=O)cc1. The monoisotopic (exact) mass is 358 g/mol. The Kier molecular flexibility index (Phi) is 4.47. The number of Topliss-reactive ketones (excluding diaryl/α,β-unsaturated/α-hetero) is 1. The molecule has 27 heavy (non-hydrogen) atoms. The Bertz CT molecular complexity index is 1190. The first-order valence-electron chi connectivity index (χ1n) is 8.85. The normalized spacial score (nSPS) is 11.0. The molecule has 0 saturated heterocycles. The highest BCUT2D eigenvalue weighted by atomic mass is 16.5. The van der Waals surface area contributed by atoms with E-state index in [-0.39, 0.29) is 12.2 Å². The van der Waals surface area contributed by atoms with E-state index in [0.717, 1.165) is 16.2 Å². The summed E-state index contributed by atoms with van der Waals surface area (Å²) in [5, 5.41) is 2.87. The zero-order chi connectivity index (χ0) is 18.8. The van der Waals surface area contributed by atoms with E-state index in [0.29, 0.717) is 29.1 Å². The van der Waals surface area contributed by atoms with Gasteiger partial charge in [-0.25, -0.2) is 4.79 Å². The maximum atomic E-state index is 12.6. The van der Waals surface area contributed by atoms with Crippen LogP contribution in [-0.4, -0.2) is 12.4 Å². The zero-order valence-electron chi connectivity index (χ0n) is 14.9. The Morgan fingerprint density at radius 2 is 1.63 bits per heavy atom. The second kappa shape index (κ2) is 7.08. The van der Waals surface area contributed by atoms with E-state index in [1.165, 1.54) is 0 Å². The molecule has 134 valence electrons. The van der Waals surface area contributed by atoms with Crippen molar-refractivity contribution in [2.45, 2.75) is 13.3 Å². The molecule has 0 spiro atoms. The molecule has 0 aliphatic heterocycles. The summed E-state index contributed by atoms with van der Waals surface area (Å²) < 4.78 is 10.8. The Morgan fingerprint density at radius 1 is 0.926 bits per heavy atom. The molecule has 3 aromatic carbocycles. The van der Waals surface area contributed by atoms with Crippen LogP contribution in [0.4, 0.5) is 0 Å². The molecule has 0 amide bonds. The molecule has 0 aliphatic carbocycles. The van der Waals surface area contributed by atoms with E-state index in [2.05, 4.69) is 0 Å². The lowest BCUT2D eigenvalue weighted by atomic mass is 10.0. The first kappa shape index (κ1) is 17.0. The van der Waals surface area contributed by atoms with Crippen molar-refractivity contribution in [3.05, 3.63) is 88.3 Å². The van der Waals surface area contributed by atoms with Gasteiger partial charge in [0.25, 0.3) is 0 Å². The smallest absolute Gasteiger partial charge is 0.339 e. The van der Waals surface area contributed by atoms with Crippen molar-refractivity contribution >= 4 is 27.5 Å². The first-order valence-corrected chi connectivity index (χ1v) is 8.85. The first-order chi connectivity index (χ1) is 13.1. The standard InChI is InChI=1S/C23H18O4/c1-2-26-20-9-7-15(8-10-20)21(24)13-19-12-18-11-16-5-3-4-6-17(16)14-22(18)27-23(19)25/h3-12,14H,2,13H2,1H3. The van der Waals surface area contributed by atoms with Gasteiger partial charge in [-0.1, -0.05) is 24.3 Å². The largest absolute Gasteiger partial charge is 0.494 e. The molecule has 0 aliphatic rings. The van der Waals surface area contributed by atoms with Gasteiger partial charge in [-0.15, -0.1) is 0 Å². The molecule has 4 rings (SSSR count). The second-order valence-corrected chi connectivity index (χ2v) is 6.35. The van der Waals surface area contributed by atoms with Crippen LogP contribution in [0.5, 0.6) is 5.75 Å². The lowest BCUT2D eigenvalue weighted by Crippen LogP contribution is -2.13. The number of hydrogen-bond acceptors (Lipinski definition) is 4. The fourth-order valence-corrected chi connectivity index (χ4v) is 3.15. The van der Waals surface area contributed by atoms with Crippen molar-refractivity contribution in [1.82, 2.24) is 0 Å². The van der Waals surface area contributed by atoms with Gasteiger partial charge in [0.05, 0.1) is 6.61 Å². The number of fused-ring (bicyclic) bond motifs is 2. The van der Waals surface area contributed by atoms with Gasteiger partial charge in [-0.2, -0.15) is 0 Å². The van der Waals surface area contributed by atoms with Gasteiger partial charge < -0.3 is 9.15 Å². The lowest BCUT2D eigenvalue weighted by Gasteiger charge is -2.06. The molecule has 0 fully saturated rings. The van der Waals surface area contributed by atoms with Crippen LogP contribution >= 0.6 is 0 Å². The third-order valence-electron chi connectivity index (χ3n) is 4.51. The summed E-state index contributed by atoms with van der Waals surface area (Å²) >= 11 is 0. The number of ketones is 1. The average molecular weight is 358 g/mol. The highest BCUT2D eigenvalue weighted by Gasteiger charge is 2.13. The molecular weight excluding hydrogens is 340 g/mol. The highest BCUT2D eigenvalue weighted by molar-refractivity contribution is 5.99. The van der Waals surface area contributed by atoms with Crippen molar-refractivity contribution in [3.8, 4) is 5.75 Å². The van der Waals surface area contributed by atoms with Gasteiger partial charge in [0.1, 0.15) is 11.3 Å². The average Bonchev–Trinajstić information content (AvgIpc) is 2.68. The van der Waals surface area contributed by atoms with Crippen molar-refractivity contribution < 1.29 is 13.9 Å². The predicted molar refractivity (Wildman–Crippen MR) is 106 cm³/mol. The minimum Gasteiger partial charge on any atom is -0.494 e. The minimum absolute atomic E-state index is 0.000911. The van der Waals surface area contributed by atoms with Crippen LogP contribution in [0, 0.1) is 0 Å². The summed E-state index contributed by atoms with van der Waals surface area (Å²) in [6.45, 7) is 2.47. The third-order valence-corrected chi connectivity index (χ3v) is 4.51. The number of carbonyl (C=O) groups excluding carboxylic acids is 1. The molecule has 0 N–H and O–H groups in total. The van der Waals surface area contributed by atoms with Crippen LogP contribution in [0.3, 0.4) is 0 Å². The van der Waals surface area contributed by atoms with E-state index in [1.807, 2.05) is 43.3 Å². The molecule has 0 saturated carbocycles. The van der Waals surface area contributed by atoms with E-state index in [9.17, 15) is 9.59 Å². The van der Waals surface area contributed by atoms with Crippen molar-refractivity contribution in [1.29, 1.82) is 0 Å². The summed E-state index contributed by atoms with van der Waals surface area (Å²) in [5.74, 6) is 0.580. The van der Waals surface area contributed by atoms with Gasteiger partial charge in [0.2, 0.25) is 0 Å². The zero-order valence-corrected chi connectivity index (χ0v) is 14.9. The highest BCUT2D eigenvalue weighted by Crippen LogP contribution is 2.23. The van der Waals surface area contributed by atoms with E-state index in [1.54, 1.807) is 30.3 Å². The van der Waals surface area contributed by atoms with Gasteiger partial charge >= 0.3 is 5.63 Å². The number of ether oxygens (including phenoxy) is 1. The number of hydrogen-bond donors (Lipinski definition) is 0. The molecule has 4 heteroatoms. The fraction of sp³-hybridized carbons (Fsp3) is 0.130. The van der Waals surface area contributed by atoms with E-state index >= 15 is 0 Å². The van der Waals surface area contributed by atoms with Crippen LogP contribution in [0.25, 0.3) is 21.7 Å². The maximum Gasteiger partial charge on any atom is 0.339 e. The Balaban J connectivity index is 1.66. The molecule has 0 bridgehead atoms. The predicted octanol–water partition coefficient (Wildman–Crippen LogP) is 4.77. The summed E-state index contributed by atoms with van der Waals surface area (Å²) in [4.78, 5) is 24.9. The summed E-state index contributed by atoms with van der Waals surface area (Å²) in [5.41, 5.74) is 0.946. The third kappa shape index (κ3) is 3.47. The molecule has 4 nitrogen and oxygen atoms in total. The molecule has 0 atom stereocenters. The van der Waals surface area contributed by atoms with E-state index < -0.39 is 5.63 Å². The fourth-order valence-electron chi connectivity index (χ4n) is 3.15. The number of rotatable bonds is 5. The number of carbonyl (C=O) groups is 1. The van der Waals surface area contributed by atoms with Gasteiger partial charge in [-0.05, 0) is 60.2 Å². The topological polar surface area (TPSA) is 56.5 Å². The van der Waals surface area contributed by atoms with Crippen molar-refractivity contribution in [2.24, 2.45) is 0 Å². The molecule has 1 aromatic heterocycles. The molecule has 4 aromatic rings. The van der Waals surface area contributed by atoms with Gasteiger partial charge in [0.15, 0.2) is 5.78 Å². The Hall–Kier alpha value is -3.40. The molecular formula is C23H18O4. The molecule has 1 heterocycles. The van der Waals surface area contributed by atoms with Crippen LogP contribution in [0.1, 0.15) is 22.8 Å². The van der Waals surface area contributed by atoms with Crippen molar-refractivity contribution in [3.63, 3.8) is 0 Å². The van der Waals surface area contributed by atoms with Gasteiger partial charge in [-0.3, -0.25) is 4.79 Å². The second-order valence-electron chi connectivity index (χ2n) is 6.35. The van der Waals surface area contributed by atoms with Crippen LogP contribution in [-0.2, 0) is 6.42 Å². The summed E-state index contributed by atoms with van der Waals surface area (Å²) in [6.07, 6.45) is -0.000911. The molecule has 0 unspecified atom stereocenters. The Morgan fingerprint density at radius 3 is 2.33 bits per heavy atom. The quantitative estimate of drug-likeness (QED) is 0.293. The molecule has 0 radical (unpaired) electrons. The van der Waals surface area contributed by atoms with Crippen LogP contribution in [0.2, 0.25) is 0 Å². The van der Waals surface area contributed by atoms with E-state index in [4.69, 9.17) is 9.15 Å².